The van der Waals surface area contributed by atoms with Crippen molar-refractivity contribution in [1.29, 1.82) is 0 Å². The molecule has 0 aromatic heterocycles. The van der Waals surface area contributed by atoms with E-state index in [4.69, 9.17) is 11.5 Å². The first-order valence-corrected chi connectivity index (χ1v) is 4.60. The van der Waals surface area contributed by atoms with Crippen molar-refractivity contribution >= 4 is 5.69 Å². The van der Waals surface area contributed by atoms with Crippen molar-refractivity contribution in [2.24, 2.45) is 5.73 Å². The van der Waals surface area contributed by atoms with Gasteiger partial charge in [-0.1, -0.05) is 19.4 Å². The summed E-state index contributed by atoms with van der Waals surface area (Å²) in [7, 11) is 0. The highest BCUT2D eigenvalue weighted by Gasteiger charge is 2.14. The van der Waals surface area contributed by atoms with Crippen LogP contribution in [0.2, 0.25) is 0 Å². The number of nitrogen functional groups attached to an aromatic ring is 1. The summed E-state index contributed by atoms with van der Waals surface area (Å²) in [6.45, 7) is 1.99. The summed E-state index contributed by atoms with van der Waals surface area (Å²) in [6.07, 6.45) is 1.64. The van der Waals surface area contributed by atoms with Crippen LogP contribution in [0.15, 0.2) is 12.1 Å². The molecule has 0 bridgehead atoms. The highest BCUT2D eigenvalue weighted by molar-refractivity contribution is 5.57. The van der Waals surface area contributed by atoms with Gasteiger partial charge in [-0.05, 0) is 12.5 Å². The standard InChI is InChI=1S/C10H15FN2O/c1-2-3-8(12)6-4-5-7(11)9(13)10(6)14/h4-5,8,14H,2-3,12-13H2,1H3/t8-/m1/s1. The van der Waals surface area contributed by atoms with Crippen LogP contribution >= 0.6 is 0 Å². The van der Waals surface area contributed by atoms with Gasteiger partial charge in [0.2, 0.25) is 0 Å². The smallest absolute Gasteiger partial charge is 0.149 e. The van der Waals surface area contributed by atoms with Crippen molar-refractivity contribution in [3.8, 4) is 5.75 Å². The number of aromatic hydroxyl groups is 1. The number of phenolic OH excluding ortho intramolecular Hbond substituents is 1. The molecule has 5 N–H and O–H groups in total. The van der Waals surface area contributed by atoms with E-state index in [2.05, 4.69) is 0 Å². The second-order valence-electron chi connectivity index (χ2n) is 3.29. The lowest BCUT2D eigenvalue weighted by molar-refractivity contribution is 0.456. The Kier molecular flexibility index (Phi) is 3.30. The minimum absolute atomic E-state index is 0.228. The maximum Gasteiger partial charge on any atom is 0.149 e. The fourth-order valence-electron chi connectivity index (χ4n) is 1.37. The normalized spacial score (nSPS) is 12.8. The SMILES string of the molecule is CCC[C@@H](N)c1ccc(F)c(N)c1O. The Morgan fingerprint density at radius 2 is 2.14 bits per heavy atom. The van der Waals surface area contributed by atoms with Crippen molar-refractivity contribution in [2.75, 3.05) is 5.73 Å². The number of anilines is 1. The second kappa shape index (κ2) is 4.28. The molecule has 0 amide bonds. The van der Waals surface area contributed by atoms with E-state index in [9.17, 15) is 9.50 Å². The molecule has 0 aliphatic heterocycles. The Balaban J connectivity index is 3.04. The number of hydrogen-bond acceptors (Lipinski definition) is 3. The van der Waals surface area contributed by atoms with Gasteiger partial charge in [-0.15, -0.1) is 0 Å². The molecule has 0 aliphatic carbocycles. The van der Waals surface area contributed by atoms with Gasteiger partial charge in [-0.3, -0.25) is 0 Å². The zero-order valence-corrected chi connectivity index (χ0v) is 8.13. The quantitative estimate of drug-likeness (QED) is 0.513. The van der Waals surface area contributed by atoms with Gasteiger partial charge in [0, 0.05) is 11.6 Å². The maximum atomic E-state index is 12.9. The van der Waals surface area contributed by atoms with Crippen molar-refractivity contribution in [1.82, 2.24) is 0 Å². The molecule has 78 valence electrons. The zero-order valence-electron chi connectivity index (χ0n) is 8.13. The predicted molar refractivity (Wildman–Crippen MR) is 54.3 cm³/mol. The first kappa shape index (κ1) is 10.8. The van der Waals surface area contributed by atoms with E-state index >= 15 is 0 Å². The van der Waals surface area contributed by atoms with Crippen molar-refractivity contribution in [3.63, 3.8) is 0 Å². The molecule has 0 saturated carbocycles. The van der Waals surface area contributed by atoms with E-state index in [0.717, 1.165) is 12.8 Å². The summed E-state index contributed by atoms with van der Waals surface area (Å²) in [5.41, 5.74) is 11.4. The molecule has 1 aromatic carbocycles. The molecule has 4 heteroatoms. The maximum absolute atomic E-state index is 12.9. The van der Waals surface area contributed by atoms with Crippen LogP contribution in [0.25, 0.3) is 0 Å². The molecule has 1 aromatic rings. The fraction of sp³-hybridized carbons (Fsp3) is 0.400. The van der Waals surface area contributed by atoms with Crippen LogP contribution in [0, 0.1) is 5.82 Å². The summed E-state index contributed by atoms with van der Waals surface area (Å²) in [6, 6.07) is 2.41. The van der Waals surface area contributed by atoms with Crippen LogP contribution in [0.4, 0.5) is 10.1 Å². The fourth-order valence-corrected chi connectivity index (χ4v) is 1.37. The van der Waals surface area contributed by atoms with E-state index in [-0.39, 0.29) is 17.5 Å². The lowest BCUT2D eigenvalue weighted by atomic mass is 10.0. The van der Waals surface area contributed by atoms with Gasteiger partial charge in [0.1, 0.15) is 17.3 Å². The monoisotopic (exact) mass is 198 g/mol. The highest BCUT2D eigenvalue weighted by Crippen LogP contribution is 2.32. The van der Waals surface area contributed by atoms with Gasteiger partial charge in [0.05, 0.1) is 0 Å². The molecule has 0 spiro atoms. The Morgan fingerprint density at radius 3 is 2.71 bits per heavy atom. The molecule has 0 unspecified atom stereocenters. The summed E-state index contributed by atoms with van der Waals surface area (Å²) >= 11 is 0. The van der Waals surface area contributed by atoms with Gasteiger partial charge in [0.15, 0.2) is 0 Å². The molecular weight excluding hydrogens is 183 g/mol. The number of hydrogen-bond donors (Lipinski definition) is 3. The summed E-state index contributed by atoms with van der Waals surface area (Å²) in [4.78, 5) is 0. The van der Waals surface area contributed by atoms with Crippen LogP contribution in [0.1, 0.15) is 31.4 Å². The number of benzene rings is 1. The second-order valence-corrected chi connectivity index (χ2v) is 3.29. The third kappa shape index (κ3) is 1.96. The summed E-state index contributed by atoms with van der Waals surface area (Å²) in [5.74, 6) is -0.846. The topological polar surface area (TPSA) is 72.3 Å². The molecule has 0 heterocycles. The molecule has 0 fully saturated rings. The molecule has 3 nitrogen and oxygen atoms in total. The molecule has 0 aliphatic rings. The molecule has 0 saturated heterocycles. The van der Waals surface area contributed by atoms with Crippen LogP contribution in [-0.4, -0.2) is 5.11 Å². The molecule has 1 atom stereocenters. The zero-order chi connectivity index (χ0) is 10.7. The van der Waals surface area contributed by atoms with Crippen molar-refractivity contribution in [3.05, 3.63) is 23.5 Å². The number of phenols is 1. The molecular formula is C10H15FN2O. The van der Waals surface area contributed by atoms with Gasteiger partial charge in [-0.25, -0.2) is 4.39 Å². The van der Waals surface area contributed by atoms with Gasteiger partial charge in [0.25, 0.3) is 0 Å². The number of rotatable bonds is 3. The van der Waals surface area contributed by atoms with Gasteiger partial charge >= 0.3 is 0 Å². The number of nitrogens with two attached hydrogens (primary N) is 2. The van der Waals surface area contributed by atoms with E-state index in [1.54, 1.807) is 0 Å². The highest BCUT2D eigenvalue weighted by atomic mass is 19.1. The van der Waals surface area contributed by atoms with E-state index < -0.39 is 5.82 Å². The van der Waals surface area contributed by atoms with Crippen molar-refractivity contribution in [2.45, 2.75) is 25.8 Å². The Labute approximate surface area is 82.5 Å². The average molecular weight is 198 g/mol. The van der Waals surface area contributed by atoms with E-state index in [1.807, 2.05) is 6.92 Å². The average Bonchev–Trinajstić information content (AvgIpc) is 2.15. The Morgan fingerprint density at radius 1 is 1.50 bits per heavy atom. The van der Waals surface area contributed by atoms with Gasteiger partial charge < -0.3 is 16.6 Å². The van der Waals surface area contributed by atoms with E-state index in [0.29, 0.717) is 5.56 Å². The minimum Gasteiger partial charge on any atom is -0.505 e. The van der Waals surface area contributed by atoms with Crippen LogP contribution in [0.3, 0.4) is 0 Å². The molecule has 14 heavy (non-hydrogen) atoms. The predicted octanol–water partition coefficient (Wildman–Crippen LogP) is 1.91. The minimum atomic E-state index is -0.616. The van der Waals surface area contributed by atoms with Crippen LogP contribution in [0.5, 0.6) is 5.75 Å². The first-order chi connectivity index (χ1) is 6.57. The van der Waals surface area contributed by atoms with Crippen molar-refractivity contribution < 1.29 is 9.50 Å². The summed E-state index contributed by atoms with van der Waals surface area (Å²) in [5, 5.41) is 9.53. The van der Waals surface area contributed by atoms with Crippen LogP contribution < -0.4 is 11.5 Å². The third-order valence-corrected chi connectivity index (χ3v) is 2.19. The Bertz CT molecular complexity index is 328. The first-order valence-electron chi connectivity index (χ1n) is 4.60. The number of halogens is 1. The largest absolute Gasteiger partial charge is 0.505 e. The molecule has 1 rings (SSSR count). The Hall–Kier alpha value is -1.29. The summed E-state index contributed by atoms with van der Waals surface area (Å²) < 4.78 is 12.9. The van der Waals surface area contributed by atoms with Crippen LogP contribution in [-0.2, 0) is 0 Å². The lowest BCUT2D eigenvalue weighted by Crippen LogP contribution is -2.11. The van der Waals surface area contributed by atoms with E-state index in [1.165, 1.54) is 12.1 Å². The molecule has 0 radical (unpaired) electrons. The third-order valence-electron chi connectivity index (χ3n) is 2.19. The van der Waals surface area contributed by atoms with Gasteiger partial charge in [-0.2, -0.15) is 0 Å². The lowest BCUT2D eigenvalue weighted by Gasteiger charge is -2.13.